The van der Waals surface area contributed by atoms with Crippen LogP contribution in [0.25, 0.3) is 44.3 Å². The number of nitrogens with one attached hydrogen (secondary N) is 2. The number of aromatic nitrogens is 2. The molecule has 0 radical (unpaired) electrons. The molecule has 2 N–H and O–H groups in total. The van der Waals surface area contributed by atoms with Crippen molar-refractivity contribution in [2.75, 3.05) is 0 Å². The molecule has 4 heteroatoms. The lowest BCUT2D eigenvalue weighted by atomic mass is 9.95. The van der Waals surface area contributed by atoms with Crippen LogP contribution in [0.4, 0.5) is 0 Å². The Labute approximate surface area is 136 Å². The summed E-state index contributed by atoms with van der Waals surface area (Å²) in [5, 5.41) is 2.03. The van der Waals surface area contributed by atoms with Gasteiger partial charge >= 0.3 is 0 Å². The summed E-state index contributed by atoms with van der Waals surface area (Å²) in [7, 11) is 0. The maximum atomic E-state index is 12.2. The second-order valence-corrected chi connectivity index (χ2v) is 5.95. The third-order valence-corrected chi connectivity index (χ3v) is 4.51. The number of H-pyrrole nitrogens is 2. The zero-order chi connectivity index (χ0) is 16.3. The van der Waals surface area contributed by atoms with Crippen LogP contribution < -0.4 is 10.9 Å². The lowest BCUT2D eigenvalue weighted by Crippen LogP contribution is -2.35. The first-order chi connectivity index (χ1) is 11.7. The minimum absolute atomic E-state index is 0.435. The summed E-state index contributed by atoms with van der Waals surface area (Å²) >= 11 is 0. The topological polar surface area (TPSA) is 65.7 Å². The Morgan fingerprint density at radius 3 is 1.42 bits per heavy atom. The third-order valence-electron chi connectivity index (χ3n) is 4.51. The van der Waals surface area contributed by atoms with Crippen LogP contribution >= 0.6 is 0 Å². The molecule has 0 unspecified atom stereocenters. The molecule has 0 atom stereocenters. The van der Waals surface area contributed by atoms with Gasteiger partial charge in [-0.3, -0.25) is 9.59 Å². The number of aromatic amines is 2. The molecule has 114 valence electrons. The Bertz CT molecular complexity index is 1130. The van der Waals surface area contributed by atoms with Crippen molar-refractivity contribution >= 4 is 21.8 Å². The van der Waals surface area contributed by atoms with Gasteiger partial charge in [-0.1, -0.05) is 36.4 Å². The molecule has 4 nitrogen and oxygen atoms in total. The van der Waals surface area contributed by atoms with E-state index in [1.165, 1.54) is 0 Å². The van der Waals surface area contributed by atoms with Crippen molar-refractivity contribution in [2.45, 2.75) is 0 Å². The predicted octanol–water partition coefficient (Wildman–Crippen LogP) is 3.58. The molecule has 0 spiro atoms. The molecule has 0 amide bonds. The molecule has 0 bridgehead atoms. The van der Waals surface area contributed by atoms with Gasteiger partial charge in [-0.25, -0.2) is 0 Å². The van der Waals surface area contributed by atoms with E-state index in [-0.39, 0.29) is 0 Å². The van der Waals surface area contributed by atoms with Crippen molar-refractivity contribution in [1.29, 1.82) is 0 Å². The fourth-order valence-electron chi connectivity index (χ4n) is 3.32. The largest absolute Gasteiger partial charge is 0.354 e. The molecule has 2 heterocycles. The molecule has 0 aliphatic heterocycles. The molecule has 2 aromatic heterocycles. The van der Waals surface area contributed by atoms with E-state index in [9.17, 15) is 9.59 Å². The van der Waals surface area contributed by atoms with Crippen molar-refractivity contribution in [3.8, 4) is 22.5 Å². The first-order valence-corrected chi connectivity index (χ1v) is 7.72. The monoisotopic (exact) mass is 312 g/mol. The summed E-state index contributed by atoms with van der Waals surface area (Å²) in [4.78, 5) is 30.9. The minimum atomic E-state index is -0.435. The van der Waals surface area contributed by atoms with Crippen LogP contribution in [0.1, 0.15) is 0 Å². The molecular weight excluding hydrogens is 300 g/mol. The zero-order valence-corrected chi connectivity index (χ0v) is 12.6. The van der Waals surface area contributed by atoms with Crippen molar-refractivity contribution in [2.24, 2.45) is 0 Å². The van der Waals surface area contributed by atoms with Gasteiger partial charge in [0.05, 0.1) is 22.5 Å². The molecule has 0 saturated carbocycles. The second kappa shape index (κ2) is 4.55. The van der Waals surface area contributed by atoms with Crippen LogP contribution in [0.15, 0.2) is 70.3 Å². The Balaban J connectivity index is 1.75. The molecule has 5 aromatic rings. The average Bonchev–Trinajstić information content (AvgIpc) is 3.21. The summed E-state index contributed by atoms with van der Waals surface area (Å²) in [6.07, 6.45) is 0. The van der Waals surface area contributed by atoms with Crippen LogP contribution in [0.2, 0.25) is 0 Å². The maximum absolute atomic E-state index is 12.2. The molecular formula is C20H12N2O2. The first-order valence-electron chi connectivity index (χ1n) is 7.72. The number of rotatable bonds is 2. The van der Waals surface area contributed by atoms with Gasteiger partial charge in [0.1, 0.15) is 0 Å². The van der Waals surface area contributed by atoms with E-state index >= 15 is 0 Å². The highest BCUT2D eigenvalue weighted by molar-refractivity contribution is 5.94. The maximum Gasteiger partial charge on any atom is 0.236 e. The van der Waals surface area contributed by atoms with Gasteiger partial charge in [-0.05, 0) is 24.3 Å². The van der Waals surface area contributed by atoms with Crippen molar-refractivity contribution in [1.82, 2.24) is 9.97 Å². The molecule has 5 rings (SSSR count). The fraction of sp³-hybridized carbons (Fsp3) is 0. The van der Waals surface area contributed by atoms with Crippen LogP contribution in [0.3, 0.4) is 0 Å². The number of hydrogen-bond donors (Lipinski definition) is 2. The Hall–Kier alpha value is -3.40. The van der Waals surface area contributed by atoms with E-state index in [0.717, 1.165) is 21.8 Å². The molecule has 3 aromatic carbocycles. The second-order valence-electron chi connectivity index (χ2n) is 5.95. The van der Waals surface area contributed by atoms with Crippen molar-refractivity contribution < 1.29 is 0 Å². The Kier molecular flexibility index (Phi) is 2.48. The number of para-hydroxylation sites is 2. The zero-order valence-electron chi connectivity index (χ0n) is 12.6. The Morgan fingerprint density at radius 2 is 1.00 bits per heavy atom. The highest BCUT2D eigenvalue weighted by atomic mass is 16.2. The summed E-state index contributed by atoms with van der Waals surface area (Å²) in [6.45, 7) is 0. The molecule has 0 fully saturated rings. The quantitative estimate of drug-likeness (QED) is 0.489. The normalized spacial score (nSPS) is 11.7. The van der Waals surface area contributed by atoms with Gasteiger partial charge in [0.15, 0.2) is 0 Å². The lowest BCUT2D eigenvalue weighted by Gasteiger charge is -2.07. The van der Waals surface area contributed by atoms with E-state index in [2.05, 4.69) is 9.97 Å². The van der Waals surface area contributed by atoms with Crippen molar-refractivity contribution in [3.05, 3.63) is 81.1 Å². The first kappa shape index (κ1) is 13.1. The highest BCUT2D eigenvalue weighted by Gasteiger charge is 2.25. The molecule has 0 aliphatic carbocycles. The van der Waals surface area contributed by atoms with Crippen LogP contribution in [0.5, 0.6) is 0 Å². The van der Waals surface area contributed by atoms with Crippen molar-refractivity contribution in [3.63, 3.8) is 0 Å². The SMILES string of the molecule is O=c1c(-c2cc3ccccc3[nH]2)c(-c2cc3ccccc3[nH]2)c1=O. The van der Waals surface area contributed by atoms with E-state index in [4.69, 9.17) is 0 Å². The smallest absolute Gasteiger partial charge is 0.236 e. The van der Waals surface area contributed by atoms with E-state index < -0.39 is 10.9 Å². The number of benzene rings is 2. The van der Waals surface area contributed by atoms with Gasteiger partial charge in [0.25, 0.3) is 0 Å². The molecule has 24 heavy (non-hydrogen) atoms. The fourth-order valence-corrected chi connectivity index (χ4v) is 3.32. The predicted molar refractivity (Wildman–Crippen MR) is 95.9 cm³/mol. The third kappa shape index (κ3) is 1.68. The van der Waals surface area contributed by atoms with Gasteiger partial charge in [0.2, 0.25) is 10.9 Å². The summed E-state index contributed by atoms with van der Waals surface area (Å²) in [6, 6.07) is 19.4. The van der Waals surface area contributed by atoms with Gasteiger partial charge in [-0.2, -0.15) is 0 Å². The van der Waals surface area contributed by atoms with Gasteiger partial charge < -0.3 is 9.97 Å². The summed E-state index contributed by atoms with van der Waals surface area (Å²) in [5.41, 5.74) is 3.33. The lowest BCUT2D eigenvalue weighted by molar-refractivity contribution is 1.32. The number of fused-ring (bicyclic) bond motifs is 2. The standard InChI is InChI=1S/C20H12N2O2/c23-19-17(15-9-11-5-1-3-7-13(11)21-15)18(20(19)24)16-10-12-6-2-4-8-14(12)22-16/h1-10,21-22H. The average molecular weight is 312 g/mol. The van der Waals surface area contributed by atoms with Gasteiger partial charge in [-0.15, -0.1) is 0 Å². The van der Waals surface area contributed by atoms with Crippen LogP contribution in [0, 0.1) is 0 Å². The highest BCUT2D eigenvalue weighted by Crippen LogP contribution is 2.31. The van der Waals surface area contributed by atoms with Gasteiger partial charge in [0, 0.05) is 21.8 Å². The minimum Gasteiger partial charge on any atom is -0.354 e. The summed E-state index contributed by atoms with van der Waals surface area (Å²) in [5.74, 6) is 0. The summed E-state index contributed by atoms with van der Waals surface area (Å²) < 4.78 is 0. The number of hydrogen-bond acceptors (Lipinski definition) is 2. The van der Waals surface area contributed by atoms with Crippen LogP contribution in [-0.4, -0.2) is 9.97 Å². The molecule has 0 aliphatic rings. The Morgan fingerprint density at radius 1 is 0.583 bits per heavy atom. The molecule has 0 saturated heterocycles. The van der Waals surface area contributed by atoms with Crippen LogP contribution in [-0.2, 0) is 0 Å². The van der Waals surface area contributed by atoms with E-state index in [0.29, 0.717) is 22.5 Å². The van der Waals surface area contributed by atoms with E-state index in [1.54, 1.807) is 0 Å². The van der Waals surface area contributed by atoms with E-state index in [1.807, 2.05) is 60.7 Å².